The lowest BCUT2D eigenvalue weighted by Gasteiger charge is -2.17. The molecule has 2 rings (SSSR count). The number of anilines is 1. The number of rotatable bonds is 7. The molecule has 0 saturated heterocycles. The Balaban J connectivity index is 1.89. The SMILES string of the molecule is Cc1ccc(C(=O)OCC(=O)N(C)CC(=O)Nc2ccccc2Cl)cc1[N+](=O)[O-]. The summed E-state index contributed by atoms with van der Waals surface area (Å²) in [6, 6.07) is 10.5. The van der Waals surface area contributed by atoms with Gasteiger partial charge in [-0.15, -0.1) is 0 Å². The van der Waals surface area contributed by atoms with Crippen LogP contribution in [0.25, 0.3) is 0 Å². The number of aryl methyl sites for hydroxylation is 1. The number of nitro benzene ring substituents is 1. The van der Waals surface area contributed by atoms with Crippen molar-refractivity contribution >= 4 is 40.8 Å². The molecule has 0 radical (unpaired) electrons. The second kappa shape index (κ2) is 9.65. The van der Waals surface area contributed by atoms with Gasteiger partial charge in [-0.3, -0.25) is 19.7 Å². The fourth-order valence-electron chi connectivity index (χ4n) is 2.31. The van der Waals surface area contributed by atoms with E-state index < -0.39 is 29.3 Å². The van der Waals surface area contributed by atoms with Gasteiger partial charge in [-0.25, -0.2) is 4.79 Å². The number of halogens is 1. The molecule has 0 saturated carbocycles. The smallest absolute Gasteiger partial charge is 0.338 e. The van der Waals surface area contributed by atoms with Crippen molar-refractivity contribution in [3.05, 3.63) is 68.7 Å². The molecule has 0 aliphatic rings. The third-order valence-corrected chi connectivity index (χ3v) is 4.25. The standard InChI is InChI=1S/C19H18ClN3O6/c1-12-7-8-13(9-16(12)23(27)28)19(26)29-11-18(25)22(2)10-17(24)21-15-6-4-3-5-14(15)20/h3-9H,10-11H2,1-2H3,(H,21,24). The normalized spacial score (nSPS) is 10.2. The first-order chi connectivity index (χ1) is 13.7. The van der Waals surface area contributed by atoms with Crippen molar-refractivity contribution in [2.75, 3.05) is 25.5 Å². The van der Waals surface area contributed by atoms with E-state index >= 15 is 0 Å². The number of likely N-dealkylation sites (N-methyl/N-ethyl adjacent to an activating group) is 1. The number of nitro groups is 1. The first kappa shape index (κ1) is 21.8. The number of nitrogens with zero attached hydrogens (tertiary/aromatic N) is 2. The molecule has 0 bridgehead atoms. The van der Waals surface area contributed by atoms with Crippen LogP contribution in [0.3, 0.4) is 0 Å². The number of amides is 2. The summed E-state index contributed by atoms with van der Waals surface area (Å²) in [4.78, 5) is 47.6. The molecular weight excluding hydrogens is 402 g/mol. The number of nitrogens with one attached hydrogen (secondary N) is 1. The first-order valence-electron chi connectivity index (χ1n) is 8.39. The highest BCUT2D eigenvalue weighted by Crippen LogP contribution is 2.21. The minimum absolute atomic E-state index is 0.0470. The second-order valence-electron chi connectivity index (χ2n) is 6.11. The van der Waals surface area contributed by atoms with E-state index in [4.69, 9.17) is 16.3 Å². The summed E-state index contributed by atoms with van der Waals surface area (Å²) in [6.45, 7) is 0.646. The van der Waals surface area contributed by atoms with Crippen LogP contribution in [0.1, 0.15) is 15.9 Å². The average Bonchev–Trinajstić information content (AvgIpc) is 2.67. The Labute approximate surface area is 171 Å². The number of hydrogen-bond acceptors (Lipinski definition) is 6. The van der Waals surface area contributed by atoms with E-state index in [2.05, 4.69) is 5.32 Å². The highest BCUT2D eigenvalue weighted by atomic mass is 35.5. The molecule has 0 heterocycles. The van der Waals surface area contributed by atoms with Gasteiger partial charge in [-0.05, 0) is 25.1 Å². The lowest BCUT2D eigenvalue weighted by Crippen LogP contribution is -2.37. The monoisotopic (exact) mass is 419 g/mol. The van der Waals surface area contributed by atoms with Crippen molar-refractivity contribution in [2.45, 2.75) is 6.92 Å². The average molecular weight is 420 g/mol. The summed E-state index contributed by atoms with van der Waals surface area (Å²) in [5.74, 6) is -1.97. The summed E-state index contributed by atoms with van der Waals surface area (Å²) in [7, 11) is 1.37. The third kappa shape index (κ3) is 6.01. The van der Waals surface area contributed by atoms with Gasteiger partial charge in [0.05, 0.1) is 27.7 Å². The molecule has 0 aliphatic heterocycles. The van der Waals surface area contributed by atoms with Crippen LogP contribution in [0.5, 0.6) is 0 Å². The number of ether oxygens (including phenoxy) is 1. The fraction of sp³-hybridized carbons (Fsp3) is 0.211. The molecule has 2 aromatic rings. The molecular formula is C19H18ClN3O6. The van der Waals surface area contributed by atoms with E-state index in [1.165, 1.54) is 19.2 Å². The molecule has 1 N–H and O–H groups in total. The van der Waals surface area contributed by atoms with Crippen molar-refractivity contribution in [3.63, 3.8) is 0 Å². The molecule has 152 valence electrons. The van der Waals surface area contributed by atoms with Crippen LogP contribution in [-0.2, 0) is 14.3 Å². The van der Waals surface area contributed by atoms with Crippen LogP contribution >= 0.6 is 11.6 Å². The zero-order valence-electron chi connectivity index (χ0n) is 15.7. The van der Waals surface area contributed by atoms with Crippen LogP contribution in [0.4, 0.5) is 11.4 Å². The quantitative estimate of drug-likeness (QED) is 0.418. The maximum Gasteiger partial charge on any atom is 0.338 e. The van der Waals surface area contributed by atoms with Gasteiger partial charge in [-0.1, -0.05) is 29.8 Å². The van der Waals surface area contributed by atoms with Crippen molar-refractivity contribution in [1.82, 2.24) is 4.90 Å². The van der Waals surface area contributed by atoms with E-state index in [0.29, 0.717) is 16.3 Å². The second-order valence-corrected chi connectivity index (χ2v) is 6.52. The first-order valence-corrected chi connectivity index (χ1v) is 8.77. The van der Waals surface area contributed by atoms with E-state index in [9.17, 15) is 24.5 Å². The Morgan fingerprint density at radius 1 is 1.21 bits per heavy atom. The zero-order valence-corrected chi connectivity index (χ0v) is 16.4. The molecule has 0 unspecified atom stereocenters. The van der Waals surface area contributed by atoms with Gasteiger partial charge in [0.2, 0.25) is 5.91 Å². The van der Waals surface area contributed by atoms with Gasteiger partial charge in [-0.2, -0.15) is 0 Å². The molecule has 0 aromatic heterocycles. The largest absolute Gasteiger partial charge is 0.452 e. The third-order valence-electron chi connectivity index (χ3n) is 3.92. The predicted octanol–water partition coefficient (Wildman–Crippen LogP) is 2.81. The van der Waals surface area contributed by atoms with Crippen LogP contribution in [0.2, 0.25) is 5.02 Å². The predicted molar refractivity (Wildman–Crippen MR) is 106 cm³/mol. The number of para-hydroxylation sites is 1. The molecule has 29 heavy (non-hydrogen) atoms. The van der Waals surface area contributed by atoms with Gasteiger partial charge in [0.25, 0.3) is 11.6 Å². The molecule has 0 atom stereocenters. The van der Waals surface area contributed by atoms with E-state index in [-0.39, 0.29) is 17.8 Å². The van der Waals surface area contributed by atoms with Crippen LogP contribution in [0, 0.1) is 17.0 Å². The Kier molecular flexibility index (Phi) is 7.27. The van der Waals surface area contributed by atoms with Crippen molar-refractivity contribution in [3.8, 4) is 0 Å². The van der Waals surface area contributed by atoms with Crippen molar-refractivity contribution < 1.29 is 24.0 Å². The zero-order chi connectivity index (χ0) is 21.6. The van der Waals surface area contributed by atoms with E-state index in [0.717, 1.165) is 11.0 Å². The van der Waals surface area contributed by atoms with Gasteiger partial charge >= 0.3 is 5.97 Å². The molecule has 0 fully saturated rings. The molecule has 2 aromatic carbocycles. The van der Waals surface area contributed by atoms with Crippen molar-refractivity contribution in [1.29, 1.82) is 0 Å². The van der Waals surface area contributed by atoms with Crippen LogP contribution in [0.15, 0.2) is 42.5 Å². The molecule has 9 nitrogen and oxygen atoms in total. The molecule has 2 amide bonds. The molecule has 10 heteroatoms. The van der Waals surface area contributed by atoms with E-state index in [1.807, 2.05) is 0 Å². The summed E-state index contributed by atoms with van der Waals surface area (Å²) < 4.78 is 4.90. The Morgan fingerprint density at radius 2 is 1.90 bits per heavy atom. The topological polar surface area (TPSA) is 119 Å². The number of benzene rings is 2. The van der Waals surface area contributed by atoms with Crippen LogP contribution in [-0.4, -0.2) is 47.8 Å². The van der Waals surface area contributed by atoms with Gasteiger partial charge < -0.3 is 15.0 Å². The van der Waals surface area contributed by atoms with E-state index in [1.54, 1.807) is 31.2 Å². The number of hydrogen-bond donors (Lipinski definition) is 1. The maximum atomic E-state index is 12.1. The highest BCUT2D eigenvalue weighted by Gasteiger charge is 2.19. The molecule has 0 spiro atoms. The Hall–Kier alpha value is -3.46. The maximum absolute atomic E-state index is 12.1. The lowest BCUT2D eigenvalue weighted by atomic mass is 10.1. The van der Waals surface area contributed by atoms with Gasteiger partial charge in [0.15, 0.2) is 6.61 Å². The number of esters is 1. The fourth-order valence-corrected chi connectivity index (χ4v) is 2.49. The lowest BCUT2D eigenvalue weighted by molar-refractivity contribution is -0.385. The molecule has 0 aliphatic carbocycles. The van der Waals surface area contributed by atoms with Crippen LogP contribution < -0.4 is 5.32 Å². The summed E-state index contributed by atoms with van der Waals surface area (Å²) in [5, 5.41) is 13.9. The van der Waals surface area contributed by atoms with Crippen molar-refractivity contribution in [2.24, 2.45) is 0 Å². The minimum atomic E-state index is -0.879. The Morgan fingerprint density at radius 3 is 2.55 bits per heavy atom. The highest BCUT2D eigenvalue weighted by molar-refractivity contribution is 6.33. The number of carbonyl (C=O) groups is 3. The summed E-state index contributed by atoms with van der Waals surface area (Å²) in [5.41, 5.74) is 0.535. The minimum Gasteiger partial charge on any atom is -0.452 e. The Bertz CT molecular complexity index is 963. The summed E-state index contributed by atoms with van der Waals surface area (Å²) in [6.07, 6.45) is 0. The van der Waals surface area contributed by atoms with Gasteiger partial charge in [0, 0.05) is 18.7 Å². The number of carbonyl (C=O) groups excluding carboxylic acids is 3. The van der Waals surface area contributed by atoms with Gasteiger partial charge in [0.1, 0.15) is 0 Å². The summed E-state index contributed by atoms with van der Waals surface area (Å²) >= 11 is 5.96.